The molecule has 1 saturated heterocycles. The number of nitrogens with one attached hydrogen (secondary N) is 2. The number of ether oxygens (including phenoxy) is 1. The Hall–Kier alpha value is -2.17. The van der Waals surface area contributed by atoms with Gasteiger partial charge in [0.25, 0.3) is 0 Å². The molecule has 0 atom stereocenters. The number of amidine groups is 1. The zero-order valence-electron chi connectivity index (χ0n) is 14.8. The summed E-state index contributed by atoms with van der Waals surface area (Å²) in [5, 5.41) is 11.0. The summed E-state index contributed by atoms with van der Waals surface area (Å²) >= 11 is 0. The summed E-state index contributed by atoms with van der Waals surface area (Å²) in [6, 6.07) is 14.4. The lowest BCUT2D eigenvalue weighted by Crippen LogP contribution is -2.29. The number of benzene rings is 2. The summed E-state index contributed by atoms with van der Waals surface area (Å²) in [7, 11) is 0. The molecule has 0 aromatic heterocycles. The predicted octanol–water partition coefficient (Wildman–Crippen LogP) is 3.46. The van der Waals surface area contributed by atoms with Crippen LogP contribution in [0, 0.1) is 18.3 Å². The average molecular weight is 337 g/mol. The molecule has 0 spiro atoms. The monoisotopic (exact) mass is 337 g/mol. The van der Waals surface area contributed by atoms with E-state index in [0.717, 1.165) is 36.4 Å². The van der Waals surface area contributed by atoms with Crippen LogP contribution >= 0.6 is 0 Å². The predicted molar refractivity (Wildman–Crippen MR) is 103 cm³/mol. The highest BCUT2D eigenvalue weighted by Gasteiger charge is 2.13. The Balaban J connectivity index is 1.69. The van der Waals surface area contributed by atoms with Crippen LogP contribution in [-0.2, 0) is 11.3 Å². The Labute approximate surface area is 149 Å². The van der Waals surface area contributed by atoms with Gasteiger partial charge in [0.2, 0.25) is 0 Å². The van der Waals surface area contributed by atoms with Crippen molar-refractivity contribution >= 4 is 5.84 Å². The van der Waals surface area contributed by atoms with E-state index in [1.807, 2.05) is 18.2 Å². The van der Waals surface area contributed by atoms with E-state index in [-0.39, 0.29) is 5.84 Å². The molecule has 0 aliphatic carbocycles. The quantitative estimate of drug-likeness (QED) is 0.558. The fourth-order valence-electron chi connectivity index (χ4n) is 3.37. The summed E-state index contributed by atoms with van der Waals surface area (Å²) in [6.45, 7) is 5.80. The maximum Gasteiger partial charge on any atom is 0.122 e. The second-order valence-electron chi connectivity index (χ2n) is 6.91. The van der Waals surface area contributed by atoms with Gasteiger partial charge in [0.15, 0.2) is 0 Å². The lowest BCUT2D eigenvalue weighted by molar-refractivity contribution is 0.0763. The van der Waals surface area contributed by atoms with Gasteiger partial charge in [-0.15, -0.1) is 0 Å². The first-order valence-corrected chi connectivity index (χ1v) is 8.95. The van der Waals surface area contributed by atoms with Gasteiger partial charge in [-0.2, -0.15) is 0 Å². The van der Waals surface area contributed by atoms with Gasteiger partial charge in [-0.05, 0) is 67.6 Å². The smallest absolute Gasteiger partial charge is 0.122 e. The molecule has 0 bridgehead atoms. The minimum absolute atomic E-state index is 0.0973. The van der Waals surface area contributed by atoms with Gasteiger partial charge in [-0.3, -0.25) is 5.41 Å². The number of piperidine rings is 1. The lowest BCUT2D eigenvalue weighted by Gasteiger charge is -2.22. The first-order chi connectivity index (χ1) is 12.1. The van der Waals surface area contributed by atoms with Gasteiger partial charge in [-0.1, -0.05) is 35.9 Å². The maximum atomic E-state index is 7.62. The van der Waals surface area contributed by atoms with Crippen molar-refractivity contribution in [1.29, 1.82) is 5.41 Å². The zero-order chi connectivity index (χ0) is 17.6. The van der Waals surface area contributed by atoms with Crippen LogP contribution in [0.4, 0.5) is 0 Å². The maximum absolute atomic E-state index is 7.62. The zero-order valence-corrected chi connectivity index (χ0v) is 14.8. The number of nitrogens with two attached hydrogens (primary N) is 1. The van der Waals surface area contributed by atoms with Gasteiger partial charge in [0, 0.05) is 12.2 Å². The summed E-state index contributed by atoms with van der Waals surface area (Å²) in [4.78, 5) is 0. The minimum Gasteiger partial charge on any atom is -0.384 e. The standard InChI is InChI=1S/C21H27N3O/c1-15-9-17(14-25-13-16-5-7-24-8-6-16)11-20(10-15)18-3-2-4-19(12-18)21(22)23/h2-4,9-12,16,24H,5-8,13-14H2,1H3,(H3,22,23). The molecule has 4 N–H and O–H groups in total. The number of aryl methyl sites for hydroxylation is 1. The topological polar surface area (TPSA) is 71.1 Å². The van der Waals surface area contributed by atoms with Crippen LogP contribution in [0.1, 0.15) is 29.5 Å². The van der Waals surface area contributed by atoms with Gasteiger partial charge in [0.1, 0.15) is 5.84 Å². The molecule has 0 amide bonds. The summed E-state index contributed by atoms with van der Waals surface area (Å²) in [5.74, 6) is 0.776. The van der Waals surface area contributed by atoms with Crippen LogP contribution in [0.3, 0.4) is 0 Å². The Morgan fingerprint density at radius 3 is 2.72 bits per heavy atom. The second-order valence-corrected chi connectivity index (χ2v) is 6.91. The van der Waals surface area contributed by atoms with E-state index in [0.29, 0.717) is 12.5 Å². The van der Waals surface area contributed by atoms with Crippen LogP contribution in [0.15, 0.2) is 42.5 Å². The Morgan fingerprint density at radius 1 is 1.16 bits per heavy atom. The number of hydrogen-bond acceptors (Lipinski definition) is 3. The third kappa shape index (κ3) is 4.91. The molecule has 0 radical (unpaired) electrons. The molecule has 25 heavy (non-hydrogen) atoms. The third-order valence-electron chi connectivity index (χ3n) is 4.73. The molecular weight excluding hydrogens is 310 g/mol. The van der Waals surface area contributed by atoms with E-state index in [9.17, 15) is 0 Å². The van der Waals surface area contributed by atoms with Gasteiger partial charge < -0.3 is 15.8 Å². The fourth-order valence-corrected chi connectivity index (χ4v) is 3.37. The van der Waals surface area contributed by atoms with E-state index in [2.05, 4.69) is 36.5 Å². The van der Waals surface area contributed by atoms with Crippen molar-refractivity contribution in [1.82, 2.24) is 5.32 Å². The largest absolute Gasteiger partial charge is 0.384 e. The highest BCUT2D eigenvalue weighted by Crippen LogP contribution is 2.24. The van der Waals surface area contributed by atoms with Crippen molar-refractivity contribution in [3.05, 3.63) is 59.2 Å². The Bertz CT molecular complexity index is 736. The van der Waals surface area contributed by atoms with Crippen molar-refractivity contribution in [2.75, 3.05) is 19.7 Å². The summed E-state index contributed by atoms with van der Waals surface area (Å²) < 4.78 is 5.99. The highest BCUT2D eigenvalue weighted by atomic mass is 16.5. The molecular formula is C21H27N3O. The van der Waals surface area contributed by atoms with Gasteiger partial charge >= 0.3 is 0 Å². The molecule has 132 valence electrons. The molecule has 3 rings (SSSR count). The number of hydrogen-bond donors (Lipinski definition) is 3. The van der Waals surface area contributed by atoms with E-state index >= 15 is 0 Å². The highest BCUT2D eigenvalue weighted by molar-refractivity contribution is 5.96. The lowest BCUT2D eigenvalue weighted by atomic mass is 9.98. The molecule has 2 aromatic carbocycles. The van der Waals surface area contributed by atoms with Crippen LogP contribution < -0.4 is 11.1 Å². The van der Waals surface area contributed by atoms with E-state index in [4.69, 9.17) is 15.9 Å². The van der Waals surface area contributed by atoms with Crippen LogP contribution in [0.5, 0.6) is 0 Å². The van der Waals surface area contributed by atoms with E-state index in [1.165, 1.54) is 24.0 Å². The number of nitrogen functional groups attached to an aromatic ring is 1. The molecule has 4 nitrogen and oxygen atoms in total. The molecule has 1 fully saturated rings. The van der Waals surface area contributed by atoms with Crippen molar-refractivity contribution in [2.24, 2.45) is 11.7 Å². The summed E-state index contributed by atoms with van der Waals surface area (Å²) in [6.07, 6.45) is 2.41. The van der Waals surface area contributed by atoms with Crippen LogP contribution in [0.2, 0.25) is 0 Å². The average Bonchev–Trinajstić information content (AvgIpc) is 2.62. The molecule has 2 aromatic rings. The van der Waals surface area contributed by atoms with Crippen LogP contribution in [-0.4, -0.2) is 25.5 Å². The van der Waals surface area contributed by atoms with Gasteiger partial charge in [-0.25, -0.2) is 0 Å². The normalized spacial score (nSPS) is 15.2. The fraction of sp³-hybridized carbons (Fsp3) is 0.381. The van der Waals surface area contributed by atoms with Gasteiger partial charge in [0.05, 0.1) is 6.61 Å². The molecule has 1 aliphatic heterocycles. The molecule has 0 saturated carbocycles. The molecule has 1 aliphatic rings. The van der Waals surface area contributed by atoms with Crippen molar-refractivity contribution in [3.8, 4) is 11.1 Å². The van der Waals surface area contributed by atoms with E-state index < -0.39 is 0 Å². The summed E-state index contributed by atoms with van der Waals surface area (Å²) in [5.41, 5.74) is 11.0. The van der Waals surface area contributed by atoms with Crippen molar-refractivity contribution in [2.45, 2.75) is 26.4 Å². The minimum atomic E-state index is 0.0973. The first kappa shape index (κ1) is 17.6. The SMILES string of the molecule is Cc1cc(COCC2CCNCC2)cc(-c2cccc(C(=N)N)c2)c1. The molecule has 0 unspecified atom stereocenters. The van der Waals surface area contributed by atoms with Crippen LogP contribution in [0.25, 0.3) is 11.1 Å². The second kappa shape index (κ2) is 8.28. The van der Waals surface area contributed by atoms with E-state index in [1.54, 1.807) is 0 Å². The number of rotatable bonds is 6. The Kier molecular flexibility index (Phi) is 5.84. The van der Waals surface area contributed by atoms with Crippen molar-refractivity contribution < 1.29 is 4.74 Å². The first-order valence-electron chi connectivity index (χ1n) is 8.95. The molecule has 1 heterocycles. The molecule has 4 heteroatoms. The third-order valence-corrected chi connectivity index (χ3v) is 4.73. The Morgan fingerprint density at radius 2 is 1.96 bits per heavy atom. The van der Waals surface area contributed by atoms with Crippen molar-refractivity contribution in [3.63, 3.8) is 0 Å².